The van der Waals surface area contributed by atoms with Gasteiger partial charge in [0.2, 0.25) is 6.04 Å². The van der Waals surface area contributed by atoms with E-state index in [0.29, 0.717) is 4.90 Å². The number of thioether (sulfide) groups is 1. The van der Waals surface area contributed by atoms with Crippen molar-refractivity contribution in [2.75, 3.05) is 19.5 Å². The maximum Gasteiger partial charge on any atom is 0.413 e. The van der Waals surface area contributed by atoms with E-state index in [1.165, 1.54) is 37.7 Å². The Morgan fingerprint density at radius 3 is 1.81 bits per heavy atom. The summed E-state index contributed by atoms with van der Waals surface area (Å²) in [6.45, 7) is 3.04. The predicted octanol–water partition coefficient (Wildman–Crippen LogP) is 5.86. The van der Waals surface area contributed by atoms with Gasteiger partial charge in [0, 0.05) is 14.7 Å². The molecule has 0 fully saturated rings. The molecule has 14 heteroatoms. The Kier molecular flexibility index (Phi) is 12.0. The molecular formula is C22H22Cl2N4O6S2. The lowest BCUT2D eigenvalue weighted by atomic mass is 10.2. The van der Waals surface area contributed by atoms with Crippen LogP contribution in [0.5, 0.6) is 0 Å². The number of carbonyl (C=O) groups excluding carboxylic acids is 4. The highest BCUT2D eigenvalue weighted by atomic mass is 35.5. The monoisotopic (exact) mass is 572 g/mol. The minimum Gasteiger partial charge on any atom is -0.450 e. The first-order valence-corrected chi connectivity index (χ1v) is 13.1. The summed E-state index contributed by atoms with van der Waals surface area (Å²) in [4.78, 5) is 50.7. The van der Waals surface area contributed by atoms with Crippen LogP contribution in [-0.4, -0.2) is 49.5 Å². The number of rotatable bonds is 9. The van der Waals surface area contributed by atoms with E-state index in [0.717, 1.165) is 9.79 Å². The van der Waals surface area contributed by atoms with Gasteiger partial charge in [-0.1, -0.05) is 35.0 Å². The lowest BCUT2D eigenvalue weighted by Gasteiger charge is -2.11. The van der Waals surface area contributed by atoms with Crippen LogP contribution in [0.3, 0.4) is 0 Å². The molecule has 0 atom stereocenters. The van der Waals surface area contributed by atoms with Crippen molar-refractivity contribution in [2.45, 2.75) is 34.6 Å². The van der Waals surface area contributed by atoms with E-state index in [2.05, 4.69) is 19.7 Å². The molecule has 0 saturated carbocycles. The first-order valence-electron chi connectivity index (χ1n) is 10.4. The van der Waals surface area contributed by atoms with Gasteiger partial charge in [0.25, 0.3) is 11.8 Å². The Bertz CT molecular complexity index is 1090. The number of alkyl carbamates (subject to hydrolysis) is 2. The zero-order valence-corrected chi connectivity index (χ0v) is 22.5. The molecule has 0 heterocycles. The molecule has 2 rings (SSSR count). The molecule has 2 N–H and O–H groups in total. The largest absolute Gasteiger partial charge is 0.450 e. The van der Waals surface area contributed by atoms with Crippen LogP contribution in [0.1, 0.15) is 13.8 Å². The third-order valence-corrected chi connectivity index (χ3v) is 6.76. The van der Waals surface area contributed by atoms with E-state index in [-0.39, 0.29) is 28.9 Å². The number of amides is 4. The first-order chi connectivity index (χ1) is 17.2. The normalized spacial score (nSPS) is 10.8. The fourth-order valence-corrected chi connectivity index (χ4v) is 4.42. The Morgan fingerprint density at radius 1 is 0.889 bits per heavy atom. The second kappa shape index (κ2) is 14.7. The Labute approximate surface area is 225 Å². The van der Waals surface area contributed by atoms with Gasteiger partial charge in [-0.25, -0.2) is 9.59 Å². The standard InChI is InChI=1S/C22H22Cl2N4O6S2/c1-4-33-21(31)25-19(29)17(20(30)26-22(32)34-5-2)28-27-12-10-15(23)18(16(24)11-12)36-14-8-6-13(35-3)7-9-14/h6-11,17H,4-5H2,1-3H3,(H,25,29,31)(H,26,30,32). The number of hydrogen-bond acceptors (Lipinski definition) is 10. The smallest absolute Gasteiger partial charge is 0.413 e. The molecule has 10 nitrogen and oxygen atoms in total. The topological polar surface area (TPSA) is 136 Å². The average Bonchev–Trinajstić information content (AvgIpc) is 2.82. The molecule has 0 radical (unpaired) electrons. The van der Waals surface area contributed by atoms with Crippen molar-refractivity contribution in [1.29, 1.82) is 0 Å². The van der Waals surface area contributed by atoms with Crippen LogP contribution in [0, 0.1) is 0 Å². The molecule has 192 valence electrons. The second-order valence-electron chi connectivity index (χ2n) is 6.55. The number of nitrogens with zero attached hydrogens (tertiary/aromatic N) is 2. The van der Waals surface area contributed by atoms with Gasteiger partial charge in [0.1, 0.15) is 0 Å². The van der Waals surface area contributed by atoms with Crippen molar-refractivity contribution < 1.29 is 28.7 Å². The number of halogens is 2. The quantitative estimate of drug-likeness (QED) is 0.216. The van der Waals surface area contributed by atoms with E-state index >= 15 is 0 Å². The van der Waals surface area contributed by atoms with Gasteiger partial charge in [-0.15, -0.1) is 11.8 Å². The molecule has 36 heavy (non-hydrogen) atoms. The summed E-state index contributed by atoms with van der Waals surface area (Å²) < 4.78 is 9.25. The maximum atomic E-state index is 12.4. The van der Waals surface area contributed by atoms with Crippen LogP contribution < -0.4 is 10.6 Å². The Morgan fingerprint density at radius 2 is 1.36 bits per heavy atom. The first kappa shape index (κ1) is 29.4. The van der Waals surface area contributed by atoms with Gasteiger partial charge in [0.05, 0.1) is 28.9 Å². The van der Waals surface area contributed by atoms with Crippen LogP contribution >= 0.6 is 46.7 Å². The number of hydrogen-bond donors (Lipinski definition) is 2. The van der Waals surface area contributed by atoms with Crippen LogP contribution in [0.15, 0.2) is 61.3 Å². The molecule has 0 aliphatic carbocycles. The maximum absolute atomic E-state index is 12.4. The van der Waals surface area contributed by atoms with Crippen molar-refractivity contribution in [1.82, 2.24) is 10.6 Å². The molecular weight excluding hydrogens is 551 g/mol. The minimum absolute atomic E-state index is 0.0105. The third-order valence-electron chi connectivity index (χ3n) is 4.05. The van der Waals surface area contributed by atoms with Gasteiger partial charge in [-0.3, -0.25) is 20.2 Å². The number of benzene rings is 2. The fourth-order valence-electron chi connectivity index (χ4n) is 2.48. The molecule has 4 amide bonds. The molecule has 0 aromatic heterocycles. The van der Waals surface area contributed by atoms with Crippen molar-refractivity contribution >= 4 is 76.4 Å². The number of azo groups is 1. The zero-order chi connectivity index (χ0) is 26.7. The van der Waals surface area contributed by atoms with Crippen LogP contribution in [0.25, 0.3) is 0 Å². The summed E-state index contributed by atoms with van der Waals surface area (Å²) in [5, 5.41) is 11.8. The number of imide groups is 2. The molecule has 0 aliphatic heterocycles. The molecule has 0 bridgehead atoms. The van der Waals surface area contributed by atoms with Gasteiger partial charge < -0.3 is 9.47 Å². The Balaban J connectivity index is 2.26. The number of ether oxygens (including phenoxy) is 2. The predicted molar refractivity (Wildman–Crippen MR) is 137 cm³/mol. The van der Waals surface area contributed by atoms with E-state index < -0.39 is 30.0 Å². The molecule has 2 aromatic rings. The summed E-state index contributed by atoms with van der Waals surface area (Å²) >= 11 is 15.8. The SMILES string of the molecule is CCOC(=O)NC(=O)C(N=Nc1cc(Cl)c(Sc2ccc(SC)cc2)c(Cl)c1)C(=O)NC(=O)OCC. The summed E-state index contributed by atoms with van der Waals surface area (Å²) in [5.41, 5.74) is 0.130. The molecule has 0 saturated heterocycles. The second-order valence-corrected chi connectivity index (χ2v) is 9.33. The van der Waals surface area contributed by atoms with E-state index in [1.54, 1.807) is 11.8 Å². The van der Waals surface area contributed by atoms with Crippen molar-refractivity contribution in [2.24, 2.45) is 10.2 Å². The fraction of sp³-hybridized carbons (Fsp3) is 0.273. The molecule has 2 aromatic carbocycles. The summed E-state index contributed by atoms with van der Waals surface area (Å²) in [6, 6.07) is 8.79. The average molecular weight is 573 g/mol. The molecule has 0 aliphatic rings. The zero-order valence-electron chi connectivity index (χ0n) is 19.4. The highest BCUT2D eigenvalue weighted by molar-refractivity contribution is 7.99. The lowest BCUT2D eigenvalue weighted by molar-refractivity contribution is -0.130. The lowest BCUT2D eigenvalue weighted by Crippen LogP contribution is -2.48. The van der Waals surface area contributed by atoms with Gasteiger partial charge >= 0.3 is 12.2 Å². The van der Waals surface area contributed by atoms with Crippen molar-refractivity contribution in [3.63, 3.8) is 0 Å². The van der Waals surface area contributed by atoms with E-state index in [1.807, 2.05) is 41.2 Å². The van der Waals surface area contributed by atoms with Crippen LogP contribution in [0.2, 0.25) is 10.0 Å². The third kappa shape index (κ3) is 9.01. The minimum atomic E-state index is -1.92. The van der Waals surface area contributed by atoms with Gasteiger partial charge in [-0.05, 0) is 56.5 Å². The van der Waals surface area contributed by atoms with Crippen molar-refractivity contribution in [3.05, 3.63) is 46.4 Å². The highest BCUT2D eigenvalue weighted by Gasteiger charge is 2.30. The van der Waals surface area contributed by atoms with Gasteiger partial charge in [-0.2, -0.15) is 10.2 Å². The van der Waals surface area contributed by atoms with E-state index in [4.69, 9.17) is 23.2 Å². The van der Waals surface area contributed by atoms with Crippen LogP contribution in [0.4, 0.5) is 15.3 Å². The highest BCUT2D eigenvalue weighted by Crippen LogP contribution is 2.41. The van der Waals surface area contributed by atoms with Crippen molar-refractivity contribution in [3.8, 4) is 0 Å². The molecule has 0 unspecified atom stereocenters. The van der Waals surface area contributed by atoms with Crippen LogP contribution in [-0.2, 0) is 19.1 Å². The number of carbonyl (C=O) groups is 4. The van der Waals surface area contributed by atoms with Gasteiger partial charge in [0.15, 0.2) is 0 Å². The summed E-state index contributed by atoms with van der Waals surface area (Å²) in [7, 11) is 0. The Hall–Kier alpha value is -2.80. The number of nitrogens with one attached hydrogen (secondary N) is 2. The summed E-state index contributed by atoms with van der Waals surface area (Å²) in [6.07, 6.45) is -0.205. The van der Waals surface area contributed by atoms with E-state index in [9.17, 15) is 19.2 Å². The molecule has 0 spiro atoms. The summed E-state index contributed by atoms with van der Waals surface area (Å²) in [5.74, 6) is -2.34.